The monoisotopic (exact) mass is 308 g/mol. The molecule has 1 aliphatic rings. The van der Waals surface area contributed by atoms with E-state index in [2.05, 4.69) is 6.92 Å². The molecule has 1 atom stereocenters. The molecule has 20 heavy (non-hydrogen) atoms. The molecule has 1 aromatic carbocycles. The molecule has 108 valence electrons. The Balaban J connectivity index is 1.95. The summed E-state index contributed by atoms with van der Waals surface area (Å²) in [6.07, 6.45) is 1.58. The number of thiocarbonyl (C=S) groups is 1. The van der Waals surface area contributed by atoms with Crippen molar-refractivity contribution in [3.8, 4) is 0 Å². The second-order valence-corrected chi connectivity index (χ2v) is 6.83. The van der Waals surface area contributed by atoms with E-state index in [1.54, 1.807) is 0 Å². The van der Waals surface area contributed by atoms with Crippen LogP contribution in [0, 0.1) is 0 Å². The zero-order chi connectivity index (χ0) is 14.5. The summed E-state index contributed by atoms with van der Waals surface area (Å²) in [4.78, 5) is 14.7. The van der Waals surface area contributed by atoms with Gasteiger partial charge in [-0.1, -0.05) is 43.4 Å². The fourth-order valence-electron chi connectivity index (χ4n) is 2.27. The first kappa shape index (κ1) is 15.3. The molecule has 1 saturated heterocycles. The highest BCUT2D eigenvalue weighted by Crippen LogP contribution is 2.21. The largest absolute Gasteiger partial charge is 0.389 e. The number of amides is 1. The lowest BCUT2D eigenvalue weighted by molar-refractivity contribution is -0.130. The van der Waals surface area contributed by atoms with E-state index in [4.69, 9.17) is 18.0 Å². The predicted molar refractivity (Wildman–Crippen MR) is 89.2 cm³/mol. The average molecular weight is 308 g/mol. The predicted octanol–water partition coefficient (Wildman–Crippen LogP) is 2.22. The fraction of sp³-hybridized carbons (Fsp3) is 0.467. The van der Waals surface area contributed by atoms with Crippen LogP contribution in [-0.2, 0) is 11.2 Å². The number of carbonyl (C=O) groups is 1. The van der Waals surface area contributed by atoms with Gasteiger partial charge in [0.25, 0.3) is 0 Å². The van der Waals surface area contributed by atoms with Crippen molar-refractivity contribution in [1.82, 2.24) is 4.90 Å². The van der Waals surface area contributed by atoms with Crippen molar-refractivity contribution in [2.45, 2.75) is 25.0 Å². The zero-order valence-corrected chi connectivity index (χ0v) is 13.3. The molecule has 2 rings (SSSR count). The van der Waals surface area contributed by atoms with E-state index in [1.807, 2.05) is 40.9 Å². The average Bonchev–Trinajstić information content (AvgIpc) is 2.47. The van der Waals surface area contributed by atoms with Crippen molar-refractivity contribution in [3.63, 3.8) is 0 Å². The van der Waals surface area contributed by atoms with Gasteiger partial charge in [0, 0.05) is 29.7 Å². The molecule has 1 unspecified atom stereocenters. The number of hydrogen-bond donors (Lipinski definition) is 1. The molecule has 1 aliphatic heterocycles. The Morgan fingerprint density at radius 1 is 1.45 bits per heavy atom. The number of carbonyl (C=O) groups excluding carboxylic acids is 1. The molecule has 0 saturated carbocycles. The van der Waals surface area contributed by atoms with Crippen molar-refractivity contribution < 1.29 is 4.79 Å². The standard InChI is InChI=1S/C15H20N2OS2/c1-2-13-10-17(7-8-20-13)14(18)9-11-3-5-12(6-4-11)15(16)19/h3-6,13H,2,7-10H2,1H3,(H2,16,19). The van der Waals surface area contributed by atoms with E-state index >= 15 is 0 Å². The van der Waals surface area contributed by atoms with Crippen LogP contribution in [0.25, 0.3) is 0 Å². The van der Waals surface area contributed by atoms with Crippen molar-refractivity contribution in [1.29, 1.82) is 0 Å². The Bertz CT molecular complexity index is 487. The van der Waals surface area contributed by atoms with Gasteiger partial charge in [0.1, 0.15) is 4.99 Å². The number of nitrogens with two attached hydrogens (primary N) is 1. The van der Waals surface area contributed by atoms with Crippen molar-refractivity contribution >= 4 is 34.9 Å². The van der Waals surface area contributed by atoms with Crippen LogP contribution in [0.3, 0.4) is 0 Å². The summed E-state index contributed by atoms with van der Waals surface area (Å²) in [5, 5.41) is 0.588. The molecule has 1 aromatic rings. The fourth-order valence-corrected chi connectivity index (χ4v) is 3.58. The summed E-state index contributed by atoms with van der Waals surface area (Å²) in [5.41, 5.74) is 7.43. The van der Waals surface area contributed by atoms with Gasteiger partial charge in [-0.15, -0.1) is 0 Å². The summed E-state index contributed by atoms with van der Waals surface area (Å²) in [5.74, 6) is 1.26. The first-order valence-corrected chi connectivity index (χ1v) is 8.34. The molecule has 1 heterocycles. The molecular formula is C15H20N2OS2. The Labute approximate surface area is 129 Å². The first-order valence-electron chi connectivity index (χ1n) is 6.88. The highest BCUT2D eigenvalue weighted by molar-refractivity contribution is 8.00. The minimum absolute atomic E-state index is 0.215. The lowest BCUT2D eigenvalue weighted by Gasteiger charge is -2.32. The molecule has 0 bridgehead atoms. The number of nitrogens with zero attached hydrogens (tertiary/aromatic N) is 1. The molecule has 0 aliphatic carbocycles. The van der Waals surface area contributed by atoms with Crippen molar-refractivity contribution in [3.05, 3.63) is 35.4 Å². The normalized spacial score (nSPS) is 18.9. The van der Waals surface area contributed by atoms with Gasteiger partial charge >= 0.3 is 0 Å². The van der Waals surface area contributed by atoms with E-state index < -0.39 is 0 Å². The lowest BCUT2D eigenvalue weighted by atomic mass is 10.1. The van der Waals surface area contributed by atoms with E-state index in [0.717, 1.165) is 36.4 Å². The van der Waals surface area contributed by atoms with Gasteiger partial charge in [-0.05, 0) is 12.0 Å². The Morgan fingerprint density at radius 2 is 2.15 bits per heavy atom. The Hall–Kier alpha value is -1.07. The summed E-state index contributed by atoms with van der Waals surface area (Å²) >= 11 is 6.90. The van der Waals surface area contributed by atoms with E-state index in [9.17, 15) is 4.79 Å². The molecule has 1 fully saturated rings. The maximum Gasteiger partial charge on any atom is 0.227 e. The number of benzene rings is 1. The van der Waals surface area contributed by atoms with Crippen LogP contribution < -0.4 is 5.73 Å². The van der Waals surface area contributed by atoms with Crippen molar-refractivity contribution in [2.24, 2.45) is 5.73 Å². The summed E-state index contributed by atoms with van der Waals surface area (Å²) in [6.45, 7) is 3.93. The van der Waals surface area contributed by atoms with Crippen LogP contribution in [0.1, 0.15) is 24.5 Å². The SMILES string of the molecule is CCC1CN(C(=O)Cc2ccc(C(N)=S)cc2)CCS1. The maximum absolute atomic E-state index is 12.3. The van der Waals surface area contributed by atoms with Gasteiger partial charge in [0.2, 0.25) is 5.91 Å². The third kappa shape index (κ3) is 3.96. The zero-order valence-electron chi connectivity index (χ0n) is 11.7. The lowest BCUT2D eigenvalue weighted by Crippen LogP contribution is -2.42. The number of thioether (sulfide) groups is 1. The summed E-state index contributed by atoms with van der Waals surface area (Å²) in [7, 11) is 0. The molecule has 2 N–H and O–H groups in total. The van der Waals surface area contributed by atoms with Gasteiger partial charge in [-0.2, -0.15) is 11.8 Å². The van der Waals surface area contributed by atoms with Gasteiger partial charge < -0.3 is 10.6 Å². The van der Waals surface area contributed by atoms with Crippen molar-refractivity contribution in [2.75, 3.05) is 18.8 Å². The highest BCUT2D eigenvalue weighted by Gasteiger charge is 2.22. The van der Waals surface area contributed by atoms with Gasteiger partial charge in [0.15, 0.2) is 0 Å². The Morgan fingerprint density at radius 3 is 2.75 bits per heavy atom. The van der Waals surface area contributed by atoms with E-state index in [0.29, 0.717) is 16.7 Å². The summed E-state index contributed by atoms with van der Waals surface area (Å²) < 4.78 is 0. The van der Waals surface area contributed by atoms with Crippen LogP contribution in [0.15, 0.2) is 24.3 Å². The van der Waals surface area contributed by atoms with Crippen LogP contribution >= 0.6 is 24.0 Å². The van der Waals surface area contributed by atoms with Crippen LogP contribution in [0.5, 0.6) is 0 Å². The molecular weight excluding hydrogens is 288 g/mol. The number of rotatable bonds is 4. The van der Waals surface area contributed by atoms with E-state index in [-0.39, 0.29) is 5.91 Å². The highest BCUT2D eigenvalue weighted by atomic mass is 32.2. The second kappa shape index (κ2) is 7.09. The maximum atomic E-state index is 12.3. The molecule has 0 spiro atoms. The number of hydrogen-bond acceptors (Lipinski definition) is 3. The second-order valence-electron chi connectivity index (χ2n) is 4.98. The third-order valence-electron chi connectivity index (χ3n) is 3.54. The molecule has 1 amide bonds. The van der Waals surface area contributed by atoms with Gasteiger partial charge in [-0.25, -0.2) is 0 Å². The molecule has 3 nitrogen and oxygen atoms in total. The van der Waals surface area contributed by atoms with Crippen LogP contribution in [0.4, 0.5) is 0 Å². The molecule has 0 aromatic heterocycles. The quantitative estimate of drug-likeness (QED) is 0.866. The van der Waals surface area contributed by atoms with E-state index in [1.165, 1.54) is 0 Å². The van der Waals surface area contributed by atoms with Gasteiger partial charge in [-0.3, -0.25) is 4.79 Å². The minimum atomic E-state index is 0.215. The minimum Gasteiger partial charge on any atom is -0.389 e. The smallest absolute Gasteiger partial charge is 0.227 e. The molecule has 0 radical (unpaired) electrons. The Kier molecular flexibility index (Phi) is 5.43. The first-order chi connectivity index (χ1) is 9.60. The topological polar surface area (TPSA) is 46.3 Å². The van der Waals surface area contributed by atoms with Crippen LogP contribution in [0.2, 0.25) is 0 Å². The van der Waals surface area contributed by atoms with Crippen LogP contribution in [-0.4, -0.2) is 39.9 Å². The summed E-state index contributed by atoms with van der Waals surface area (Å²) in [6, 6.07) is 7.63. The molecule has 5 heteroatoms. The third-order valence-corrected chi connectivity index (χ3v) is 5.15. The van der Waals surface area contributed by atoms with Gasteiger partial charge in [0.05, 0.1) is 6.42 Å².